The molecular formula is C22H17F3N4O. The molecule has 8 heteroatoms. The van der Waals surface area contributed by atoms with Gasteiger partial charge in [0.25, 0.3) is 0 Å². The molecule has 152 valence electrons. The van der Waals surface area contributed by atoms with Gasteiger partial charge in [0, 0.05) is 28.9 Å². The van der Waals surface area contributed by atoms with Crippen molar-refractivity contribution in [2.24, 2.45) is 0 Å². The molecule has 4 rings (SSSR count). The molecule has 0 bridgehead atoms. The fraction of sp³-hybridized carbons (Fsp3) is 0.136. The molecule has 0 aliphatic heterocycles. The van der Waals surface area contributed by atoms with Crippen LogP contribution < -0.4 is 5.32 Å². The normalized spacial score (nSPS) is 11.6. The molecule has 5 nitrogen and oxygen atoms in total. The first kappa shape index (κ1) is 19.6. The zero-order valence-corrected chi connectivity index (χ0v) is 16.1. The van der Waals surface area contributed by atoms with Crippen LogP contribution in [0.1, 0.15) is 17.0 Å². The Labute approximate surface area is 170 Å². The number of aromatic nitrogens is 3. The van der Waals surface area contributed by atoms with E-state index in [1.54, 1.807) is 44.3 Å². The van der Waals surface area contributed by atoms with E-state index < -0.39 is 11.9 Å². The Morgan fingerprint density at radius 2 is 1.73 bits per heavy atom. The molecule has 4 aromatic rings. The molecule has 0 saturated heterocycles. The van der Waals surface area contributed by atoms with E-state index in [2.05, 4.69) is 20.3 Å². The number of hydrogen-bond donors (Lipinski definition) is 2. The average Bonchev–Trinajstić information content (AvgIpc) is 2.69. The first-order chi connectivity index (χ1) is 14.2. The van der Waals surface area contributed by atoms with Gasteiger partial charge in [0.2, 0.25) is 0 Å². The van der Waals surface area contributed by atoms with Crippen LogP contribution in [0.5, 0.6) is 5.75 Å². The highest BCUT2D eigenvalue weighted by Gasteiger charge is 2.36. The van der Waals surface area contributed by atoms with Gasteiger partial charge in [0.05, 0.1) is 17.6 Å². The standard InChI is InChI=1S/C22H17F3N4O/c1-12-10-27-19(11-26-12)14-6-7-17-13(2)21(28-15-4-3-5-16(30)9-15)29-20(18(17)8-14)22(23,24)25/h3-11,30H,1-2H3,(H,28,29). The largest absolute Gasteiger partial charge is 0.508 e. The molecule has 0 aliphatic carbocycles. The number of phenolic OH excluding ortho intramolecular Hbond substituents is 1. The van der Waals surface area contributed by atoms with Gasteiger partial charge < -0.3 is 10.4 Å². The van der Waals surface area contributed by atoms with Crippen molar-refractivity contribution < 1.29 is 18.3 Å². The third-order valence-electron chi connectivity index (χ3n) is 4.71. The lowest BCUT2D eigenvalue weighted by atomic mass is 10.0. The van der Waals surface area contributed by atoms with E-state index in [0.29, 0.717) is 27.9 Å². The predicted molar refractivity (Wildman–Crippen MR) is 109 cm³/mol. The van der Waals surface area contributed by atoms with Crippen molar-refractivity contribution >= 4 is 22.3 Å². The van der Waals surface area contributed by atoms with Crippen LogP contribution in [0.15, 0.2) is 54.9 Å². The maximum Gasteiger partial charge on any atom is 0.434 e. The van der Waals surface area contributed by atoms with Crippen LogP contribution in [0.3, 0.4) is 0 Å². The summed E-state index contributed by atoms with van der Waals surface area (Å²) >= 11 is 0. The summed E-state index contributed by atoms with van der Waals surface area (Å²) < 4.78 is 41.6. The van der Waals surface area contributed by atoms with Crippen molar-refractivity contribution in [1.29, 1.82) is 0 Å². The number of nitrogens with zero attached hydrogens (tertiary/aromatic N) is 3. The quantitative estimate of drug-likeness (QED) is 0.448. The maximum atomic E-state index is 13.9. The van der Waals surface area contributed by atoms with Crippen LogP contribution >= 0.6 is 0 Å². The van der Waals surface area contributed by atoms with Gasteiger partial charge in [-0.2, -0.15) is 13.2 Å². The zero-order chi connectivity index (χ0) is 21.5. The SMILES string of the molecule is Cc1cnc(-c2ccc3c(C)c(Nc4cccc(O)c4)nc(C(F)(F)F)c3c2)cn1. The van der Waals surface area contributed by atoms with Crippen molar-refractivity contribution in [2.75, 3.05) is 5.32 Å². The first-order valence-corrected chi connectivity index (χ1v) is 9.09. The van der Waals surface area contributed by atoms with E-state index in [4.69, 9.17) is 0 Å². The monoisotopic (exact) mass is 410 g/mol. The van der Waals surface area contributed by atoms with Crippen molar-refractivity contribution in [1.82, 2.24) is 15.0 Å². The van der Waals surface area contributed by atoms with E-state index in [1.165, 1.54) is 24.4 Å². The van der Waals surface area contributed by atoms with E-state index >= 15 is 0 Å². The van der Waals surface area contributed by atoms with Crippen LogP contribution in [0, 0.1) is 13.8 Å². The van der Waals surface area contributed by atoms with Crippen molar-refractivity contribution in [2.45, 2.75) is 20.0 Å². The molecule has 2 aromatic heterocycles. The lowest BCUT2D eigenvalue weighted by Gasteiger charge is -2.17. The van der Waals surface area contributed by atoms with Crippen LogP contribution in [-0.4, -0.2) is 20.1 Å². The molecule has 0 unspecified atom stereocenters. The van der Waals surface area contributed by atoms with Crippen molar-refractivity contribution in [3.63, 3.8) is 0 Å². The maximum absolute atomic E-state index is 13.9. The van der Waals surface area contributed by atoms with Crippen LogP contribution in [0.25, 0.3) is 22.0 Å². The predicted octanol–water partition coefficient (Wildman–Crippen LogP) is 5.78. The Morgan fingerprint density at radius 3 is 2.40 bits per heavy atom. The minimum absolute atomic E-state index is 0.00154. The van der Waals surface area contributed by atoms with Crippen LogP contribution in [0.4, 0.5) is 24.7 Å². The summed E-state index contributed by atoms with van der Waals surface area (Å²) in [5.74, 6) is 0.0710. The number of alkyl halides is 3. The molecule has 2 heterocycles. The summed E-state index contributed by atoms with van der Waals surface area (Å²) in [4.78, 5) is 12.3. The Bertz CT molecular complexity index is 1240. The van der Waals surface area contributed by atoms with Gasteiger partial charge in [-0.1, -0.05) is 18.2 Å². The van der Waals surface area contributed by atoms with E-state index in [-0.39, 0.29) is 17.0 Å². The molecular weight excluding hydrogens is 393 g/mol. The van der Waals surface area contributed by atoms with Gasteiger partial charge in [-0.15, -0.1) is 0 Å². The fourth-order valence-corrected chi connectivity index (χ4v) is 3.21. The minimum Gasteiger partial charge on any atom is -0.508 e. The third-order valence-corrected chi connectivity index (χ3v) is 4.71. The van der Waals surface area contributed by atoms with Gasteiger partial charge in [0.15, 0.2) is 5.69 Å². The second-order valence-electron chi connectivity index (χ2n) is 6.91. The Balaban J connectivity index is 1.89. The lowest BCUT2D eigenvalue weighted by molar-refractivity contribution is -0.139. The topological polar surface area (TPSA) is 70.9 Å². The number of fused-ring (bicyclic) bond motifs is 1. The Hall–Kier alpha value is -3.68. The number of rotatable bonds is 3. The number of aryl methyl sites for hydroxylation is 2. The van der Waals surface area contributed by atoms with Gasteiger partial charge in [0.1, 0.15) is 11.6 Å². The molecule has 0 radical (unpaired) electrons. The number of nitrogens with one attached hydrogen (secondary N) is 1. The van der Waals surface area contributed by atoms with Gasteiger partial charge in [-0.05, 0) is 43.0 Å². The molecule has 0 amide bonds. The summed E-state index contributed by atoms with van der Waals surface area (Å²) in [7, 11) is 0. The highest BCUT2D eigenvalue weighted by atomic mass is 19.4. The third kappa shape index (κ3) is 3.76. The Kier molecular flexibility index (Phi) is 4.77. The van der Waals surface area contributed by atoms with E-state index in [1.807, 2.05) is 0 Å². The van der Waals surface area contributed by atoms with Gasteiger partial charge >= 0.3 is 6.18 Å². The highest BCUT2D eigenvalue weighted by Crippen LogP contribution is 2.39. The Morgan fingerprint density at radius 1 is 0.933 bits per heavy atom. The van der Waals surface area contributed by atoms with E-state index in [0.717, 1.165) is 5.69 Å². The first-order valence-electron chi connectivity index (χ1n) is 9.09. The number of anilines is 2. The van der Waals surface area contributed by atoms with Crippen LogP contribution in [0.2, 0.25) is 0 Å². The highest BCUT2D eigenvalue weighted by molar-refractivity contribution is 5.94. The lowest BCUT2D eigenvalue weighted by Crippen LogP contribution is -2.12. The summed E-state index contributed by atoms with van der Waals surface area (Å²) in [6, 6.07) is 10.9. The molecule has 0 spiro atoms. The molecule has 2 N–H and O–H groups in total. The number of benzene rings is 2. The second kappa shape index (κ2) is 7.29. The van der Waals surface area contributed by atoms with E-state index in [9.17, 15) is 18.3 Å². The number of phenols is 1. The average molecular weight is 410 g/mol. The van der Waals surface area contributed by atoms with Gasteiger partial charge in [-0.3, -0.25) is 9.97 Å². The summed E-state index contributed by atoms with van der Waals surface area (Å²) in [5.41, 5.74) is 1.72. The molecule has 0 aliphatic rings. The number of pyridine rings is 1. The van der Waals surface area contributed by atoms with Crippen molar-refractivity contribution in [3.8, 4) is 17.0 Å². The summed E-state index contributed by atoms with van der Waals surface area (Å²) in [6.45, 7) is 3.49. The summed E-state index contributed by atoms with van der Waals surface area (Å²) in [6.07, 6.45) is -1.56. The van der Waals surface area contributed by atoms with Crippen molar-refractivity contribution in [3.05, 3.63) is 71.8 Å². The molecule has 0 atom stereocenters. The molecule has 0 fully saturated rings. The zero-order valence-electron chi connectivity index (χ0n) is 16.1. The molecule has 0 saturated carbocycles. The molecule has 2 aromatic carbocycles. The van der Waals surface area contributed by atoms with Crippen LogP contribution in [-0.2, 0) is 6.18 Å². The fourth-order valence-electron chi connectivity index (χ4n) is 3.21. The summed E-state index contributed by atoms with van der Waals surface area (Å²) in [5, 5.41) is 12.9. The smallest absolute Gasteiger partial charge is 0.434 e. The molecule has 30 heavy (non-hydrogen) atoms. The second-order valence-corrected chi connectivity index (χ2v) is 6.91. The number of aromatic hydroxyl groups is 1. The minimum atomic E-state index is -4.65. The van der Waals surface area contributed by atoms with Gasteiger partial charge in [-0.25, -0.2) is 4.98 Å². The number of halogens is 3. The number of hydrogen-bond acceptors (Lipinski definition) is 5.